The Kier molecular flexibility index (Phi) is 8.87. The van der Waals surface area contributed by atoms with Gasteiger partial charge in [-0.25, -0.2) is 13.2 Å². The van der Waals surface area contributed by atoms with E-state index in [1.54, 1.807) is 12.1 Å². The maximum Gasteiger partial charge on any atom is 0.226 e. The first-order valence-corrected chi connectivity index (χ1v) is 12.8. The summed E-state index contributed by atoms with van der Waals surface area (Å²) in [6.45, 7) is 6.22. The number of piperidine rings is 1. The van der Waals surface area contributed by atoms with E-state index in [4.69, 9.17) is 4.74 Å². The van der Waals surface area contributed by atoms with Gasteiger partial charge in [-0.3, -0.25) is 4.79 Å². The van der Waals surface area contributed by atoms with Crippen LogP contribution in [-0.2, 0) is 4.79 Å². The van der Waals surface area contributed by atoms with Gasteiger partial charge in [-0.05, 0) is 79.4 Å². The molecule has 4 nitrogen and oxygen atoms in total. The number of nitrogens with one attached hydrogen (secondary N) is 1. The normalized spacial score (nSPS) is 15.5. The Hall–Kier alpha value is -3.32. The summed E-state index contributed by atoms with van der Waals surface area (Å²) in [6, 6.07) is 17.1. The first-order chi connectivity index (χ1) is 17.8. The maximum atomic E-state index is 14.3. The van der Waals surface area contributed by atoms with Gasteiger partial charge in [0.15, 0.2) is 11.6 Å². The monoisotopic (exact) mass is 510 g/mol. The van der Waals surface area contributed by atoms with Crippen molar-refractivity contribution in [3.63, 3.8) is 0 Å². The molecular formula is C30H33F3N2O2. The average Bonchev–Trinajstić information content (AvgIpc) is 2.89. The number of halogens is 3. The topological polar surface area (TPSA) is 41.6 Å². The molecule has 4 rings (SSSR count). The summed E-state index contributed by atoms with van der Waals surface area (Å²) in [4.78, 5) is 14.4. The van der Waals surface area contributed by atoms with Gasteiger partial charge in [-0.2, -0.15) is 0 Å². The van der Waals surface area contributed by atoms with Crippen molar-refractivity contribution < 1.29 is 22.7 Å². The minimum Gasteiger partial charge on any atom is -0.483 e. The maximum absolute atomic E-state index is 14.3. The minimum atomic E-state index is -0.638. The fraction of sp³-hybridized carbons (Fsp3) is 0.367. The fourth-order valence-corrected chi connectivity index (χ4v) is 4.64. The minimum absolute atomic E-state index is 0.00280. The van der Waals surface area contributed by atoms with Crippen LogP contribution in [0.15, 0.2) is 66.7 Å². The highest BCUT2D eigenvalue weighted by atomic mass is 19.1. The van der Waals surface area contributed by atoms with E-state index in [9.17, 15) is 18.0 Å². The molecule has 3 aromatic rings. The molecule has 37 heavy (non-hydrogen) atoms. The van der Waals surface area contributed by atoms with Crippen molar-refractivity contribution in [1.29, 1.82) is 0 Å². The molecule has 1 aliphatic heterocycles. The van der Waals surface area contributed by atoms with E-state index in [0.29, 0.717) is 24.4 Å². The number of ether oxygens (including phenoxy) is 1. The van der Waals surface area contributed by atoms with E-state index in [0.717, 1.165) is 49.8 Å². The van der Waals surface area contributed by atoms with Crippen LogP contribution in [0.3, 0.4) is 0 Å². The van der Waals surface area contributed by atoms with E-state index >= 15 is 0 Å². The molecule has 3 aromatic carbocycles. The lowest BCUT2D eigenvalue weighted by molar-refractivity contribution is -0.118. The second-order valence-electron chi connectivity index (χ2n) is 9.91. The van der Waals surface area contributed by atoms with Gasteiger partial charge in [0.2, 0.25) is 5.91 Å². The number of likely N-dealkylation sites (tertiary alicyclic amines) is 1. The molecule has 0 aromatic heterocycles. The Morgan fingerprint density at radius 2 is 1.68 bits per heavy atom. The quantitative estimate of drug-likeness (QED) is 0.334. The van der Waals surface area contributed by atoms with Crippen molar-refractivity contribution >= 4 is 11.6 Å². The third-order valence-electron chi connectivity index (χ3n) is 6.85. The lowest BCUT2D eigenvalue weighted by Crippen LogP contribution is -2.34. The van der Waals surface area contributed by atoms with Gasteiger partial charge in [-0.1, -0.05) is 38.1 Å². The predicted molar refractivity (Wildman–Crippen MR) is 139 cm³/mol. The van der Waals surface area contributed by atoms with Crippen LogP contribution >= 0.6 is 0 Å². The van der Waals surface area contributed by atoms with Crippen LogP contribution in [0.2, 0.25) is 0 Å². The van der Waals surface area contributed by atoms with Crippen LogP contribution in [-0.4, -0.2) is 30.4 Å². The molecule has 1 atom stereocenters. The summed E-state index contributed by atoms with van der Waals surface area (Å²) in [5.41, 5.74) is 2.75. The van der Waals surface area contributed by atoms with Crippen molar-refractivity contribution in [3.8, 4) is 5.75 Å². The van der Waals surface area contributed by atoms with Crippen molar-refractivity contribution in [1.82, 2.24) is 4.90 Å². The average molecular weight is 511 g/mol. The standard InChI is InChI=1S/C30H33F3N2O2/c1-20(2)30(36)34-26-5-3-4-23(18-26)21-12-15-35(16-13-21)17-14-28(22-6-8-24(31)9-7-22)37-29-19-25(32)10-11-27(29)33/h3-11,18-21,28H,12-17H2,1-2H3,(H,34,36). The third-order valence-corrected chi connectivity index (χ3v) is 6.85. The first-order valence-electron chi connectivity index (χ1n) is 12.8. The molecule has 1 amide bonds. The van der Waals surface area contributed by atoms with Gasteiger partial charge in [0.05, 0.1) is 0 Å². The molecule has 0 saturated carbocycles. The summed E-state index contributed by atoms with van der Waals surface area (Å²) in [5.74, 6) is -1.41. The summed E-state index contributed by atoms with van der Waals surface area (Å²) in [5, 5.41) is 2.97. The molecule has 1 N–H and O–H groups in total. The van der Waals surface area contributed by atoms with Gasteiger partial charge in [0, 0.05) is 30.6 Å². The van der Waals surface area contributed by atoms with Crippen molar-refractivity contribution in [2.75, 3.05) is 25.0 Å². The molecule has 1 saturated heterocycles. The molecule has 1 aliphatic rings. The summed E-state index contributed by atoms with van der Waals surface area (Å²) in [7, 11) is 0. The van der Waals surface area contributed by atoms with E-state index in [1.165, 1.54) is 17.7 Å². The van der Waals surface area contributed by atoms with Crippen LogP contribution in [0.25, 0.3) is 0 Å². The highest BCUT2D eigenvalue weighted by molar-refractivity contribution is 5.92. The molecule has 7 heteroatoms. The van der Waals surface area contributed by atoms with Gasteiger partial charge in [-0.15, -0.1) is 0 Å². The van der Waals surface area contributed by atoms with Crippen molar-refractivity contribution in [3.05, 3.63) is 95.3 Å². The smallest absolute Gasteiger partial charge is 0.226 e. The number of anilines is 1. The lowest BCUT2D eigenvalue weighted by Gasteiger charge is -2.33. The molecule has 1 fully saturated rings. The molecule has 0 bridgehead atoms. The first kappa shape index (κ1) is 26.7. The second kappa shape index (κ2) is 12.3. The molecule has 1 heterocycles. The predicted octanol–water partition coefficient (Wildman–Crippen LogP) is 7.09. The number of carbonyl (C=O) groups is 1. The molecule has 1 unspecified atom stereocenters. The van der Waals surface area contributed by atoms with E-state index in [2.05, 4.69) is 22.3 Å². The highest BCUT2D eigenvalue weighted by Gasteiger charge is 2.23. The number of carbonyl (C=O) groups excluding carboxylic acids is 1. The second-order valence-corrected chi connectivity index (χ2v) is 9.91. The van der Waals surface area contributed by atoms with Gasteiger partial charge >= 0.3 is 0 Å². The zero-order valence-electron chi connectivity index (χ0n) is 21.2. The molecule has 196 valence electrons. The van der Waals surface area contributed by atoms with Crippen molar-refractivity contribution in [2.45, 2.75) is 45.1 Å². The fourth-order valence-electron chi connectivity index (χ4n) is 4.64. The zero-order valence-corrected chi connectivity index (χ0v) is 21.2. The molecule has 0 radical (unpaired) electrons. The van der Waals surface area contributed by atoms with E-state index < -0.39 is 17.7 Å². The van der Waals surface area contributed by atoms with Crippen LogP contribution in [0.4, 0.5) is 18.9 Å². The number of rotatable bonds is 9. The van der Waals surface area contributed by atoms with Crippen LogP contribution in [0.1, 0.15) is 56.3 Å². The Bertz CT molecular complexity index is 1190. The SMILES string of the molecule is CC(C)C(=O)Nc1cccc(C2CCN(CCC(Oc3cc(F)ccc3F)c3ccc(F)cc3)CC2)c1. The summed E-state index contributed by atoms with van der Waals surface area (Å²) < 4.78 is 47.4. The number of hydrogen-bond donors (Lipinski definition) is 1. The molecule has 0 aliphatic carbocycles. The number of amides is 1. The summed E-state index contributed by atoms with van der Waals surface area (Å²) in [6.07, 6.45) is 1.95. The largest absolute Gasteiger partial charge is 0.483 e. The molecule has 0 spiro atoms. The summed E-state index contributed by atoms with van der Waals surface area (Å²) >= 11 is 0. The Balaban J connectivity index is 1.37. The van der Waals surface area contributed by atoms with Gasteiger partial charge in [0.25, 0.3) is 0 Å². The van der Waals surface area contributed by atoms with Crippen LogP contribution < -0.4 is 10.1 Å². The van der Waals surface area contributed by atoms with Gasteiger partial charge < -0.3 is 15.0 Å². The van der Waals surface area contributed by atoms with E-state index in [-0.39, 0.29) is 23.4 Å². The number of hydrogen-bond acceptors (Lipinski definition) is 3. The Labute approximate surface area is 216 Å². The third kappa shape index (κ3) is 7.35. The number of nitrogens with zero attached hydrogens (tertiary/aromatic N) is 1. The molecular weight excluding hydrogens is 477 g/mol. The van der Waals surface area contributed by atoms with E-state index in [1.807, 2.05) is 26.0 Å². The number of benzene rings is 3. The van der Waals surface area contributed by atoms with Crippen molar-refractivity contribution in [2.24, 2.45) is 5.92 Å². The lowest BCUT2D eigenvalue weighted by atomic mass is 9.89. The Morgan fingerprint density at radius 3 is 2.38 bits per heavy atom. The zero-order chi connectivity index (χ0) is 26.4. The van der Waals surface area contributed by atoms with Gasteiger partial charge in [0.1, 0.15) is 17.7 Å². The highest BCUT2D eigenvalue weighted by Crippen LogP contribution is 2.32. The Morgan fingerprint density at radius 1 is 0.973 bits per heavy atom. The van der Waals surface area contributed by atoms with Crippen LogP contribution in [0.5, 0.6) is 5.75 Å². The van der Waals surface area contributed by atoms with Crippen LogP contribution in [0, 0.1) is 23.4 Å².